The molecule has 0 aliphatic heterocycles. The Morgan fingerprint density at radius 1 is 1.24 bits per heavy atom. The van der Waals surface area contributed by atoms with Gasteiger partial charge in [0.2, 0.25) is 11.7 Å². The molecule has 0 atom stereocenters. The maximum absolute atomic E-state index is 5.09. The van der Waals surface area contributed by atoms with Crippen LogP contribution in [0.25, 0.3) is 17.0 Å². The van der Waals surface area contributed by atoms with Gasteiger partial charge in [0.05, 0.1) is 12.8 Å². The maximum Gasteiger partial charge on any atom is 0.234 e. The van der Waals surface area contributed by atoms with Crippen molar-refractivity contribution in [2.45, 2.75) is 0 Å². The van der Waals surface area contributed by atoms with Crippen molar-refractivity contribution in [2.24, 2.45) is 0 Å². The SMILES string of the molecule is COc1cc(-c2cn3cccnc3n2)ccn1. The molecule has 0 fully saturated rings. The van der Waals surface area contributed by atoms with E-state index in [2.05, 4.69) is 15.0 Å². The van der Waals surface area contributed by atoms with Crippen LogP contribution in [0, 0.1) is 0 Å². The van der Waals surface area contributed by atoms with Gasteiger partial charge in [0.15, 0.2) is 0 Å². The summed E-state index contributed by atoms with van der Waals surface area (Å²) in [5.74, 6) is 1.26. The second kappa shape index (κ2) is 3.86. The van der Waals surface area contributed by atoms with Gasteiger partial charge in [0, 0.05) is 36.4 Å². The van der Waals surface area contributed by atoms with Gasteiger partial charge in [-0.3, -0.25) is 4.40 Å². The van der Waals surface area contributed by atoms with Crippen molar-refractivity contribution < 1.29 is 4.74 Å². The Bertz CT molecular complexity index is 629. The molecule has 0 saturated heterocycles. The lowest BCUT2D eigenvalue weighted by molar-refractivity contribution is 0.398. The van der Waals surface area contributed by atoms with Crippen molar-refractivity contribution in [3.8, 4) is 17.1 Å². The van der Waals surface area contributed by atoms with Gasteiger partial charge in [-0.05, 0) is 12.1 Å². The zero-order valence-electron chi connectivity index (χ0n) is 9.24. The van der Waals surface area contributed by atoms with E-state index in [1.165, 1.54) is 0 Å². The summed E-state index contributed by atoms with van der Waals surface area (Å²) in [6, 6.07) is 5.61. The molecule has 0 spiro atoms. The number of hydrogen-bond donors (Lipinski definition) is 0. The van der Waals surface area contributed by atoms with E-state index in [0.717, 1.165) is 11.3 Å². The van der Waals surface area contributed by atoms with Gasteiger partial charge in [0.1, 0.15) is 0 Å². The molecule has 0 aliphatic carbocycles. The number of fused-ring (bicyclic) bond motifs is 1. The number of pyridine rings is 1. The average Bonchev–Trinajstić information content (AvgIpc) is 2.82. The van der Waals surface area contributed by atoms with Crippen LogP contribution in [0.4, 0.5) is 0 Å². The third-order valence-electron chi connectivity index (χ3n) is 2.48. The predicted octanol–water partition coefficient (Wildman–Crippen LogP) is 1.80. The summed E-state index contributed by atoms with van der Waals surface area (Å²) < 4.78 is 6.97. The van der Waals surface area contributed by atoms with Crippen molar-refractivity contribution >= 4 is 5.78 Å². The molecule has 84 valence electrons. The van der Waals surface area contributed by atoms with Gasteiger partial charge in [-0.15, -0.1) is 0 Å². The van der Waals surface area contributed by atoms with Crippen LogP contribution >= 0.6 is 0 Å². The third kappa shape index (κ3) is 1.71. The Morgan fingerprint density at radius 3 is 3.00 bits per heavy atom. The van der Waals surface area contributed by atoms with Crippen LogP contribution < -0.4 is 4.74 Å². The number of imidazole rings is 1. The molecule has 0 bridgehead atoms. The summed E-state index contributed by atoms with van der Waals surface area (Å²) in [7, 11) is 1.59. The van der Waals surface area contributed by atoms with Crippen molar-refractivity contribution in [1.82, 2.24) is 19.4 Å². The van der Waals surface area contributed by atoms with E-state index < -0.39 is 0 Å². The molecule has 5 nitrogen and oxygen atoms in total. The highest BCUT2D eigenvalue weighted by molar-refractivity contribution is 5.61. The van der Waals surface area contributed by atoms with Crippen molar-refractivity contribution in [3.63, 3.8) is 0 Å². The molecule has 0 aromatic carbocycles. The van der Waals surface area contributed by atoms with Crippen molar-refractivity contribution in [1.29, 1.82) is 0 Å². The fourth-order valence-corrected chi connectivity index (χ4v) is 1.65. The molecular weight excluding hydrogens is 216 g/mol. The van der Waals surface area contributed by atoms with Gasteiger partial charge in [-0.2, -0.15) is 0 Å². The number of nitrogens with zero attached hydrogens (tertiary/aromatic N) is 4. The van der Waals surface area contributed by atoms with Crippen LogP contribution in [-0.2, 0) is 0 Å². The fraction of sp³-hybridized carbons (Fsp3) is 0.0833. The summed E-state index contributed by atoms with van der Waals surface area (Å²) in [5.41, 5.74) is 1.81. The van der Waals surface area contributed by atoms with Gasteiger partial charge < -0.3 is 4.74 Å². The van der Waals surface area contributed by atoms with Crippen LogP contribution in [0.5, 0.6) is 5.88 Å². The number of methoxy groups -OCH3 is 1. The Morgan fingerprint density at radius 2 is 2.18 bits per heavy atom. The molecule has 3 aromatic rings. The van der Waals surface area contributed by atoms with E-state index in [4.69, 9.17) is 4.74 Å². The standard InChI is InChI=1S/C12H10N4O/c1-17-11-7-9(3-5-13-11)10-8-16-6-2-4-14-12(16)15-10/h2-8H,1H3. The first kappa shape index (κ1) is 9.77. The highest BCUT2D eigenvalue weighted by Gasteiger charge is 2.05. The molecular formula is C12H10N4O. The largest absolute Gasteiger partial charge is 0.481 e. The number of hydrogen-bond acceptors (Lipinski definition) is 4. The first-order chi connectivity index (χ1) is 8.36. The molecule has 5 heteroatoms. The minimum atomic E-state index is 0.576. The Balaban J connectivity index is 2.13. The van der Waals surface area contributed by atoms with Crippen LogP contribution in [0.15, 0.2) is 43.0 Å². The topological polar surface area (TPSA) is 52.3 Å². The molecule has 0 unspecified atom stereocenters. The summed E-state index contributed by atoms with van der Waals surface area (Å²) in [6.07, 6.45) is 7.26. The Hall–Kier alpha value is -2.43. The molecule has 0 N–H and O–H groups in total. The fourth-order valence-electron chi connectivity index (χ4n) is 1.65. The quantitative estimate of drug-likeness (QED) is 0.668. The number of ether oxygens (including phenoxy) is 1. The van der Waals surface area contributed by atoms with Gasteiger partial charge >= 0.3 is 0 Å². The van der Waals surface area contributed by atoms with Crippen LogP contribution in [0.1, 0.15) is 0 Å². The Kier molecular flexibility index (Phi) is 2.22. The van der Waals surface area contributed by atoms with Crippen molar-refractivity contribution in [3.05, 3.63) is 43.0 Å². The van der Waals surface area contributed by atoms with E-state index in [9.17, 15) is 0 Å². The molecule has 3 rings (SSSR count). The lowest BCUT2D eigenvalue weighted by atomic mass is 10.2. The van der Waals surface area contributed by atoms with Gasteiger partial charge in [-0.1, -0.05) is 0 Å². The second-order valence-electron chi connectivity index (χ2n) is 3.54. The lowest BCUT2D eigenvalue weighted by Crippen LogP contribution is -1.87. The van der Waals surface area contributed by atoms with E-state index in [0.29, 0.717) is 11.7 Å². The molecule has 0 amide bonds. The molecule has 3 aromatic heterocycles. The van der Waals surface area contributed by atoms with Gasteiger partial charge in [-0.25, -0.2) is 15.0 Å². The van der Waals surface area contributed by atoms with E-state index in [1.807, 2.05) is 35.0 Å². The molecule has 17 heavy (non-hydrogen) atoms. The summed E-state index contributed by atoms with van der Waals surface area (Å²) in [5, 5.41) is 0. The molecule has 3 heterocycles. The van der Waals surface area contributed by atoms with Crippen LogP contribution in [0.3, 0.4) is 0 Å². The van der Waals surface area contributed by atoms with Crippen LogP contribution in [-0.4, -0.2) is 26.5 Å². The second-order valence-corrected chi connectivity index (χ2v) is 3.54. The first-order valence-corrected chi connectivity index (χ1v) is 5.17. The van der Waals surface area contributed by atoms with E-state index >= 15 is 0 Å². The first-order valence-electron chi connectivity index (χ1n) is 5.17. The van der Waals surface area contributed by atoms with Gasteiger partial charge in [0.25, 0.3) is 0 Å². The van der Waals surface area contributed by atoms with Crippen LogP contribution in [0.2, 0.25) is 0 Å². The highest BCUT2D eigenvalue weighted by atomic mass is 16.5. The van der Waals surface area contributed by atoms with E-state index in [-0.39, 0.29) is 0 Å². The Labute approximate surface area is 97.7 Å². The molecule has 0 aliphatic rings. The summed E-state index contributed by atoms with van der Waals surface area (Å²) in [6.45, 7) is 0. The zero-order valence-corrected chi connectivity index (χ0v) is 9.24. The van der Waals surface area contributed by atoms with Crippen molar-refractivity contribution in [2.75, 3.05) is 7.11 Å². The third-order valence-corrected chi connectivity index (χ3v) is 2.48. The number of aromatic nitrogens is 4. The molecule has 0 radical (unpaired) electrons. The minimum absolute atomic E-state index is 0.576. The normalized spacial score (nSPS) is 10.6. The lowest BCUT2D eigenvalue weighted by Gasteiger charge is -1.99. The number of rotatable bonds is 2. The smallest absolute Gasteiger partial charge is 0.234 e. The predicted molar refractivity (Wildman–Crippen MR) is 62.8 cm³/mol. The van der Waals surface area contributed by atoms with E-state index in [1.54, 1.807) is 19.5 Å². The average molecular weight is 226 g/mol. The monoisotopic (exact) mass is 226 g/mol. The molecule has 0 saturated carbocycles. The minimum Gasteiger partial charge on any atom is -0.481 e. The summed E-state index contributed by atoms with van der Waals surface area (Å²) >= 11 is 0. The highest BCUT2D eigenvalue weighted by Crippen LogP contribution is 2.20. The summed E-state index contributed by atoms with van der Waals surface area (Å²) in [4.78, 5) is 12.7. The zero-order chi connectivity index (χ0) is 11.7. The maximum atomic E-state index is 5.09.